The van der Waals surface area contributed by atoms with Crippen LogP contribution in [0.2, 0.25) is 0 Å². The lowest BCUT2D eigenvalue weighted by Gasteiger charge is -2.22. The van der Waals surface area contributed by atoms with Crippen molar-refractivity contribution in [2.24, 2.45) is 4.99 Å². The molecule has 0 bridgehead atoms. The largest absolute Gasteiger partial charge is 0.508 e. The number of hydrogen-bond donors (Lipinski definition) is 3. The minimum absolute atomic E-state index is 0. The van der Waals surface area contributed by atoms with Gasteiger partial charge in [0, 0.05) is 31.5 Å². The van der Waals surface area contributed by atoms with Crippen molar-refractivity contribution >= 4 is 29.9 Å². The first kappa shape index (κ1) is 23.1. The number of fused-ring (bicyclic) bond motifs is 1. The van der Waals surface area contributed by atoms with E-state index in [1.54, 1.807) is 13.2 Å². The number of aryl methyl sites for hydroxylation is 1. The molecule has 1 aliphatic rings. The van der Waals surface area contributed by atoms with Gasteiger partial charge in [-0.15, -0.1) is 24.0 Å². The molecule has 3 N–H and O–H groups in total. The summed E-state index contributed by atoms with van der Waals surface area (Å²) in [6, 6.07) is 14.2. The van der Waals surface area contributed by atoms with E-state index in [1.165, 1.54) is 24.0 Å². The number of phenols is 1. The third-order valence-electron chi connectivity index (χ3n) is 5.77. The summed E-state index contributed by atoms with van der Waals surface area (Å²) in [7, 11) is 1.77. The van der Waals surface area contributed by atoms with E-state index in [-0.39, 0.29) is 30.0 Å². The molecule has 7 heteroatoms. The van der Waals surface area contributed by atoms with Crippen molar-refractivity contribution in [3.8, 4) is 11.4 Å². The van der Waals surface area contributed by atoms with Gasteiger partial charge in [-0.25, -0.2) is 4.68 Å². The van der Waals surface area contributed by atoms with Gasteiger partial charge in [-0.1, -0.05) is 18.2 Å². The molecule has 0 spiro atoms. The van der Waals surface area contributed by atoms with Crippen molar-refractivity contribution in [2.45, 2.75) is 45.2 Å². The normalized spacial score (nSPS) is 14.3. The van der Waals surface area contributed by atoms with Crippen LogP contribution in [0, 0.1) is 0 Å². The molecule has 1 atom stereocenters. The third kappa shape index (κ3) is 5.39. The Morgan fingerprint density at radius 1 is 1.19 bits per heavy atom. The second-order valence-corrected chi connectivity index (χ2v) is 7.75. The molecule has 0 saturated heterocycles. The molecule has 31 heavy (non-hydrogen) atoms. The molecule has 1 aromatic heterocycles. The minimum atomic E-state index is 0. The summed E-state index contributed by atoms with van der Waals surface area (Å²) in [6.07, 6.45) is 8.24. The molecular formula is C24H30IN5O. The van der Waals surface area contributed by atoms with E-state index >= 15 is 0 Å². The molecule has 3 aromatic rings. The van der Waals surface area contributed by atoms with E-state index < -0.39 is 0 Å². The number of rotatable bonds is 5. The summed E-state index contributed by atoms with van der Waals surface area (Å²) in [5.41, 5.74) is 5.82. The number of guanidine groups is 1. The lowest BCUT2D eigenvalue weighted by molar-refractivity contribution is 0.464. The quantitative estimate of drug-likeness (QED) is 0.258. The standard InChI is InChI=1S/C24H29N5O.HI/c1-17(19-8-5-9-20(15-19)29-14-6-13-27-29)28-24(25-2)26-16-22-21-10-4-3-7-18(21)11-12-23(22)30;/h5-6,8-9,11-15,17,30H,3-4,7,10,16H2,1-2H3,(H2,25,26,28);1H. The Bertz CT molecular complexity index is 1030. The van der Waals surface area contributed by atoms with Gasteiger partial charge in [0.2, 0.25) is 0 Å². The SMILES string of the molecule is CN=C(NCc1c(O)ccc2c1CCCC2)NC(C)c1cccc(-n2cccn2)c1.I. The van der Waals surface area contributed by atoms with E-state index in [9.17, 15) is 5.11 Å². The van der Waals surface area contributed by atoms with Gasteiger partial charge in [-0.3, -0.25) is 4.99 Å². The number of hydrogen-bond acceptors (Lipinski definition) is 3. The molecule has 0 saturated carbocycles. The molecule has 1 aliphatic carbocycles. The van der Waals surface area contributed by atoms with Crippen LogP contribution in [0.15, 0.2) is 59.9 Å². The fraction of sp³-hybridized carbons (Fsp3) is 0.333. The van der Waals surface area contributed by atoms with Gasteiger partial charge in [-0.05, 0) is 73.6 Å². The van der Waals surface area contributed by atoms with Gasteiger partial charge in [0.15, 0.2) is 5.96 Å². The van der Waals surface area contributed by atoms with E-state index in [0.717, 1.165) is 29.7 Å². The molecule has 0 amide bonds. The molecule has 0 aliphatic heterocycles. The van der Waals surface area contributed by atoms with Gasteiger partial charge < -0.3 is 15.7 Å². The van der Waals surface area contributed by atoms with Crippen LogP contribution in [-0.2, 0) is 19.4 Å². The monoisotopic (exact) mass is 531 g/mol. The highest BCUT2D eigenvalue weighted by Gasteiger charge is 2.17. The fourth-order valence-electron chi connectivity index (χ4n) is 4.10. The van der Waals surface area contributed by atoms with Gasteiger partial charge in [0.1, 0.15) is 5.75 Å². The summed E-state index contributed by atoms with van der Waals surface area (Å²) in [5, 5.41) is 21.6. The van der Waals surface area contributed by atoms with Crippen molar-refractivity contribution < 1.29 is 5.11 Å². The number of nitrogens with one attached hydrogen (secondary N) is 2. The first-order valence-electron chi connectivity index (χ1n) is 10.6. The maximum absolute atomic E-state index is 10.4. The van der Waals surface area contributed by atoms with Crippen LogP contribution in [0.1, 0.15) is 48.1 Å². The number of phenolic OH excluding ortho intramolecular Hbond substituents is 1. The zero-order valence-corrected chi connectivity index (χ0v) is 20.3. The average Bonchev–Trinajstić information content (AvgIpc) is 3.32. The number of aliphatic imine (C=N–C) groups is 1. The molecule has 1 heterocycles. The summed E-state index contributed by atoms with van der Waals surface area (Å²) in [6.45, 7) is 2.66. The van der Waals surface area contributed by atoms with Crippen LogP contribution < -0.4 is 10.6 Å². The first-order valence-corrected chi connectivity index (χ1v) is 10.6. The summed E-state index contributed by atoms with van der Waals surface area (Å²) in [5.74, 6) is 1.07. The van der Waals surface area contributed by atoms with Crippen LogP contribution in [0.4, 0.5) is 0 Å². The highest BCUT2D eigenvalue weighted by molar-refractivity contribution is 14.0. The maximum atomic E-state index is 10.4. The molecule has 0 radical (unpaired) electrons. The smallest absolute Gasteiger partial charge is 0.191 e. The Balaban J connectivity index is 0.00000272. The Hall–Kier alpha value is -2.55. The van der Waals surface area contributed by atoms with Crippen LogP contribution >= 0.6 is 24.0 Å². The van der Waals surface area contributed by atoms with Gasteiger partial charge in [0.25, 0.3) is 0 Å². The number of aromatic nitrogens is 2. The Morgan fingerprint density at radius 3 is 2.81 bits per heavy atom. The summed E-state index contributed by atoms with van der Waals surface area (Å²) < 4.78 is 1.85. The Kier molecular flexibility index (Phi) is 7.95. The highest BCUT2D eigenvalue weighted by Crippen LogP contribution is 2.30. The van der Waals surface area contributed by atoms with E-state index in [1.807, 2.05) is 35.1 Å². The van der Waals surface area contributed by atoms with E-state index in [4.69, 9.17) is 0 Å². The predicted octanol–water partition coefficient (Wildman–Crippen LogP) is 4.50. The molecule has 0 fully saturated rings. The number of aromatic hydroxyl groups is 1. The van der Waals surface area contributed by atoms with Crippen molar-refractivity contribution in [3.05, 3.63) is 77.1 Å². The zero-order valence-electron chi connectivity index (χ0n) is 18.0. The topological polar surface area (TPSA) is 74.5 Å². The summed E-state index contributed by atoms with van der Waals surface area (Å²) in [4.78, 5) is 4.38. The van der Waals surface area contributed by atoms with E-state index in [0.29, 0.717) is 18.3 Å². The van der Waals surface area contributed by atoms with Gasteiger partial charge in [0.05, 0.1) is 11.7 Å². The number of benzene rings is 2. The lowest BCUT2D eigenvalue weighted by Crippen LogP contribution is -2.38. The number of nitrogens with zero attached hydrogens (tertiary/aromatic N) is 3. The van der Waals surface area contributed by atoms with Crippen molar-refractivity contribution in [2.75, 3.05) is 7.05 Å². The highest BCUT2D eigenvalue weighted by atomic mass is 127. The second kappa shape index (κ2) is 10.7. The molecule has 2 aromatic carbocycles. The molecule has 4 rings (SSSR count). The molecule has 6 nitrogen and oxygen atoms in total. The average molecular weight is 531 g/mol. The van der Waals surface area contributed by atoms with E-state index in [2.05, 4.69) is 45.8 Å². The lowest BCUT2D eigenvalue weighted by atomic mass is 9.88. The van der Waals surface area contributed by atoms with Crippen LogP contribution in [0.3, 0.4) is 0 Å². The molecule has 1 unspecified atom stereocenters. The minimum Gasteiger partial charge on any atom is -0.508 e. The van der Waals surface area contributed by atoms with Crippen molar-refractivity contribution in [1.29, 1.82) is 0 Å². The van der Waals surface area contributed by atoms with Crippen LogP contribution in [0.5, 0.6) is 5.75 Å². The van der Waals surface area contributed by atoms with Crippen molar-refractivity contribution in [1.82, 2.24) is 20.4 Å². The summed E-state index contributed by atoms with van der Waals surface area (Å²) >= 11 is 0. The third-order valence-corrected chi connectivity index (χ3v) is 5.77. The second-order valence-electron chi connectivity index (χ2n) is 7.75. The number of halogens is 1. The Labute approximate surface area is 200 Å². The molecular weight excluding hydrogens is 501 g/mol. The molecule has 164 valence electrons. The van der Waals surface area contributed by atoms with Crippen LogP contribution in [0.25, 0.3) is 5.69 Å². The van der Waals surface area contributed by atoms with Gasteiger partial charge in [-0.2, -0.15) is 5.10 Å². The van der Waals surface area contributed by atoms with Gasteiger partial charge >= 0.3 is 0 Å². The van der Waals surface area contributed by atoms with Crippen molar-refractivity contribution in [3.63, 3.8) is 0 Å². The maximum Gasteiger partial charge on any atom is 0.191 e. The first-order chi connectivity index (χ1) is 14.7. The Morgan fingerprint density at radius 2 is 2.03 bits per heavy atom. The zero-order chi connectivity index (χ0) is 20.9. The predicted molar refractivity (Wildman–Crippen MR) is 135 cm³/mol. The van der Waals surface area contributed by atoms with Crippen LogP contribution in [-0.4, -0.2) is 27.9 Å². The fourth-order valence-corrected chi connectivity index (χ4v) is 4.10.